The lowest BCUT2D eigenvalue weighted by atomic mass is 10.1. The lowest BCUT2D eigenvalue weighted by molar-refractivity contribution is -0.120. The van der Waals surface area contributed by atoms with Gasteiger partial charge in [0.1, 0.15) is 6.61 Å². The highest BCUT2D eigenvalue weighted by Crippen LogP contribution is 2.28. The molecule has 0 fully saturated rings. The van der Waals surface area contributed by atoms with E-state index in [1.165, 1.54) is 0 Å². The molecule has 0 aliphatic carbocycles. The van der Waals surface area contributed by atoms with Crippen LogP contribution in [0.2, 0.25) is 0 Å². The molecule has 0 spiro atoms. The minimum Gasteiger partial charge on any atom is -0.493 e. The third-order valence-electron chi connectivity index (χ3n) is 3.84. The van der Waals surface area contributed by atoms with Crippen LogP contribution in [0.4, 0.5) is 0 Å². The molecule has 7 heteroatoms. The van der Waals surface area contributed by atoms with Gasteiger partial charge in [0.2, 0.25) is 5.91 Å². The summed E-state index contributed by atoms with van der Waals surface area (Å²) in [5, 5.41) is 4.01. The number of hydrazone groups is 1. The van der Waals surface area contributed by atoms with Gasteiger partial charge in [-0.2, -0.15) is 5.10 Å². The molecule has 1 amide bonds. The molecule has 7 nitrogen and oxygen atoms in total. The molecule has 2 rings (SSSR count). The Morgan fingerprint density at radius 1 is 1.03 bits per heavy atom. The van der Waals surface area contributed by atoms with E-state index >= 15 is 0 Å². The Hall–Kier alpha value is -3.48. The maximum Gasteiger partial charge on any atom is 0.244 e. The van der Waals surface area contributed by atoms with Crippen LogP contribution in [0.1, 0.15) is 18.1 Å². The van der Waals surface area contributed by atoms with E-state index in [0.29, 0.717) is 36.2 Å². The first-order valence-corrected chi connectivity index (χ1v) is 9.14. The third-order valence-corrected chi connectivity index (χ3v) is 3.84. The van der Waals surface area contributed by atoms with E-state index < -0.39 is 0 Å². The molecule has 0 bridgehead atoms. The summed E-state index contributed by atoms with van der Waals surface area (Å²) in [5.74, 6) is 2.17. The minimum absolute atomic E-state index is 0.163. The molecule has 0 aromatic heterocycles. The molecule has 0 aliphatic rings. The van der Waals surface area contributed by atoms with Gasteiger partial charge in [-0.15, -0.1) is 0 Å². The monoisotopic (exact) mass is 398 g/mol. The van der Waals surface area contributed by atoms with Crippen LogP contribution < -0.4 is 24.4 Å². The van der Waals surface area contributed by atoms with Gasteiger partial charge in [0.05, 0.1) is 33.5 Å². The van der Waals surface area contributed by atoms with Crippen molar-refractivity contribution in [2.24, 2.45) is 5.10 Å². The zero-order chi connectivity index (χ0) is 21.1. The molecule has 2 aromatic carbocycles. The number of nitrogens with zero attached hydrogens (tertiary/aromatic N) is 1. The smallest absolute Gasteiger partial charge is 0.244 e. The third kappa shape index (κ3) is 6.57. The van der Waals surface area contributed by atoms with Crippen LogP contribution in [-0.4, -0.2) is 39.6 Å². The quantitative estimate of drug-likeness (QED) is 0.357. The first kappa shape index (κ1) is 21.8. The van der Waals surface area contributed by atoms with Crippen LogP contribution in [0.25, 0.3) is 0 Å². The Kier molecular flexibility index (Phi) is 8.56. The summed E-state index contributed by atoms with van der Waals surface area (Å²) in [4.78, 5) is 12.1. The Balaban J connectivity index is 1.99. The summed E-state index contributed by atoms with van der Waals surface area (Å²) < 4.78 is 21.6. The zero-order valence-electron chi connectivity index (χ0n) is 16.9. The Bertz CT molecular complexity index is 864. The summed E-state index contributed by atoms with van der Waals surface area (Å²) in [7, 11) is 3.12. The number of nitrogens with one attached hydrogen (secondary N) is 1. The van der Waals surface area contributed by atoms with Crippen molar-refractivity contribution in [1.82, 2.24) is 5.43 Å². The summed E-state index contributed by atoms with van der Waals surface area (Å²) in [6.07, 6.45) is 3.38. The van der Waals surface area contributed by atoms with Gasteiger partial charge in [-0.1, -0.05) is 18.7 Å². The summed E-state index contributed by atoms with van der Waals surface area (Å²) in [5.41, 5.74) is 4.08. The summed E-state index contributed by atoms with van der Waals surface area (Å²) in [6.45, 7) is 6.42. The van der Waals surface area contributed by atoms with Gasteiger partial charge in [-0.25, -0.2) is 5.43 Å². The second-order valence-corrected chi connectivity index (χ2v) is 5.90. The van der Waals surface area contributed by atoms with E-state index in [1.807, 2.05) is 13.0 Å². The van der Waals surface area contributed by atoms with Crippen molar-refractivity contribution >= 4 is 12.1 Å². The lowest BCUT2D eigenvalue weighted by Crippen LogP contribution is -2.19. The highest BCUT2D eigenvalue weighted by Gasteiger charge is 2.08. The van der Waals surface area contributed by atoms with E-state index in [0.717, 1.165) is 11.1 Å². The number of rotatable bonds is 11. The second kappa shape index (κ2) is 11.4. The van der Waals surface area contributed by atoms with Gasteiger partial charge in [-0.05, 0) is 48.4 Å². The molecule has 0 unspecified atom stereocenters. The van der Waals surface area contributed by atoms with Crippen molar-refractivity contribution in [2.75, 3.05) is 27.4 Å². The molecule has 0 radical (unpaired) electrons. The predicted molar refractivity (Wildman–Crippen MR) is 112 cm³/mol. The average molecular weight is 398 g/mol. The van der Waals surface area contributed by atoms with E-state index in [1.54, 1.807) is 56.8 Å². The van der Waals surface area contributed by atoms with Gasteiger partial charge in [0, 0.05) is 0 Å². The molecule has 0 aliphatic heterocycles. The van der Waals surface area contributed by atoms with Gasteiger partial charge in [-0.3, -0.25) is 4.79 Å². The SMILES string of the molecule is C=CCOc1ccc(/C=N\NC(=O)Cc2ccc(OC)c(OC)c2)cc1OCC. The number of amides is 1. The van der Waals surface area contributed by atoms with Crippen molar-refractivity contribution in [3.8, 4) is 23.0 Å². The van der Waals surface area contributed by atoms with E-state index in [-0.39, 0.29) is 12.3 Å². The Morgan fingerprint density at radius 2 is 1.79 bits per heavy atom. The van der Waals surface area contributed by atoms with Crippen LogP contribution in [0.3, 0.4) is 0 Å². The first-order chi connectivity index (χ1) is 14.1. The first-order valence-electron chi connectivity index (χ1n) is 9.14. The highest BCUT2D eigenvalue weighted by molar-refractivity contribution is 5.84. The number of carbonyl (C=O) groups excluding carboxylic acids is 1. The number of hydrogen-bond donors (Lipinski definition) is 1. The van der Waals surface area contributed by atoms with Gasteiger partial charge in [0.25, 0.3) is 0 Å². The van der Waals surface area contributed by atoms with Crippen molar-refractivity contribution < 1.29 is 23.7 Å². The fourth-order valence-electron chi connectivity index (χ4n) is 2.54. The van der Waals surface area contributed by atoms with E-state index in [2.05, 4.69) is 17.1 Å². The highest BCUT2D eigenvalue weighted by atomic mass is 16.5. The molecule has 154 valence electrons. The Labute approximate surface area is 170 Å². The molecule has 1 N–H and O–H groups in total. The topological polar surface area (TPSA) is 78.4 Å². The molecule has 0 saturated carbocycles. The van der Waals surface area contributed by atoms with Gasteiger partial charge in [0.15, 0.2) is 23.0 Å². The van der Waals surface area contributed by atoms with E-state index in [4.69, 9.17) is 18.9 Å². The Morgan fingerprint density at radius 3 is 2.48 bits per heavy atom. The molecule has 0 saturated heterocycles. The number of benzene rings is 2. The van der Waals surface area contributed by atoms with Gasteiger partial charge >= 0.3 is 0 Å². The van der Waals surface area contributed by atoms with Crippen molar-refractivity contribution in [2.45, 2.75) is 13.3 Å². The van der Waals surface area contributed by atoms with Crippen LogP contribution in [0.15, 0.2) is 54.2 Å². The molecule has 0 heterocycles. The van der Waals surface area contributed by atoms with Crippen molar-refractivity contribution in [1.29, 1.82) is 0 Å². The maximum atomic E-state index is 12.1. The largest absolute Gasteiger partial charge is 0.493 e. The van der Waals surface area contributed by atoms with Crippen LogP contribution in [0, 0.1) is 0 Å². The lowest BCUT2D eigenvalue weighted by Gasteiger charge is -2.11. The number of carbonyl (C=O) groups is 1. The fourth-order valence-corrected chi connectivity index (χ4v) is 2.54. The van der Waals surface area contributed by atoms with Crippen LogP contribution in [-0.2, 0) is 11.2 Å². The van der Waals surface area contributed by atoms with E-state index in [9.17, 15) is 4.79 Å². The summed E-state index contributed by atoms with van der Waals surface area (Å²) >= 11 is 0. The van der Waals surface area contributed by atoms with Crippen LogP contribution >= 0.6 is 0 Å². The van der Waals surface area contributed by atoms with Gasteiger partial charge < -0.3 is 18.9 Å². The molecule has 0 atom stereocenters. The summed E-state index contributed by atoms with van der Waals surface area (Å²) in [6, 6.07) is 10.7. The minimum atomic E-state index is -0.246. The molecule has 2 aromatic rings. The number of hydrogen-bond acceptors (Lipinski definition) is 6. The predicted octanol–water partition coefficient (Wildman–Crippen LogP) is 3.36. The maximum absolute atomic E-state index is 12.1. The molecule has 29 heavy (non-hydrogen) atoms. The molecular weight excluding hydrogens is 372 g/mol. The molecular formula is C22H26N2O5. The number of ether oxygens (including phenoxy) is 4. The second-order valence-electron chi connectivity index (χ2n) is 5.90. The normalized spacial score (nSPS) is 10.4. The zero-order valence-corrected chi connectivity index (χ0v) is 16.9. The van der Waals surface area contributed by atoms with Crippen LogP contribution in [0.5, 0.6) is 23.0 Å². The van der Waals surface area contributed by atoms with Crippen molar-refractivity contribution in [3.63, 3.8) is 0 Å². The average Bonchev–Trinajstić information content (AvgIpc) is 2.73. The van der Waals surface area contributed by atoms with Crippen molar-refractivity contribution in [3.05, 3.63) is 60.2 Å². The fraction of sp³-hybridized carbons (Fsp3) is 0.273. The number of methoxy groups -OCH3 is 2. The standard InChI is InChI=1S/C22H26N2O5/c1-5-11-29-19-10-8-17(13-21(19)28-6-2)15-23-24-22(25)14-16-7-9-18(26-3)20(12-16)27-4/h5,7-10,12-13,15H,1,6,11,14H2,2-4H3,(H,24,25)/b23-15-.